The molecular formula is C18H24ClN5O. The molecule has 1 aromatic carbocycles. The summed E-state index contributed by atoms with van der Waals surface area (Å²) in [5.74, 6) is 0.418. The van der Waals surface area contributed by atoms with E-state index in [-0.39, 0.29) is 35.7 Å². The lowest BCUT2D eigenvalue weighted by molar-refractivity contribution is -0.123. The first-order valence-corrected chi connectivity index (χ1v) is 8.64. The van der Waals surface area contributed by atoms with E-state index < -0.39 is 0 Å². The van der Waals surface area contributed by atoms with Crippen molar-refractivity contribution >= 4 is 18.3 Å². The number of rotatable bonds is 4. The molecule has 2 fully saturated rings. The van der Waals surface area contributed by atoms with Crippen LogP contribution in [0.3, 0.4) is 0 Å². The van der Waals surface area contributed by atoms with Gasteiger partial charge in [-0.3, -0.25) is 4.79 Å². The highest BCUT2D eigenvalue weighted by atomic mass is 35.5. The summed E-state index contributed by atoms with van der Waals surface area (Å²) in [4.78, 5) is 16.5. The lowest BCUT2D eigenvalue weighted by Gasteiger charge is -2.24. The fourth-order valence-electron chi connectivity index (χ4n) is 3.85. The van der Waals surface area contributed by atoms with Gasteiger partial charge in [0.15, 0.2) is 0 Å². The number of carbonyl (C=O) groups excluding carboxylic acids is 1. The van der Waals surface area contributed by atoms with Crippen molar-refractivity contribution in [1.29, 1.82) is 0 Å². The van der Waals surface area contributed by atoms with Crippen molar-refractivity contribution < 1.29 is 4.79 Å². The van der Waals surface area contributed by atoms with Crippen LogP contribution in [0.5, 0.6) is 0 Å². The number of halogens is 1. The molecule has 2 aliphatic rings. The largest absolute Gasteiger partial charge is 0.349 e. The second-order valence-corrected chi connectivity index (χ2v) is 7.03. The quantitative estimate of drug-likeness (QED) is 0.876. The van der Waals surface area contributed by atoms with E-state index >= 15 is 0 Å². The summed E-state index contributed by atoms with van der Waals surface area (Å²) in [5, 5.41) is 10.7. The number of amides is 1. The lowest BCUT2D eigenvalue weighted by Crippen LogP contribution is -2.34. The Hall–Kier alpha value is -1.92. The van der Waals surface area contributed by atoms with Crippen LogP contribution in [0.15, 0.2) is 36.9 Å². The van der Waals surface area contributed by atoms with Crippen molar-refractivity contribution in [2.75, 3.05) is 13.1 Å². The van der Waals surface area contributed by atoms with E-state index in [1.165, 1.54) is 6.33 Å². The van der Waals surface area contributed by atoms with Crippen molar-refractivity contribution in [3.05, 3.63) is 42.5 Å². The molecule has 1 aliphatic carbocycles. The third-order valence-corrected chi connectivity index (χ3v) is 5.54. The third kappa shape index (κ3) is 3.55. The van der Waals surface area contributed by atoms with Crippen LogP contribution in [0, 0.1) is 11.3 Å². The van der Waals surface area contributed by atoms with Crippen LogP contribution in [0.4, 0.5) is 0 Å². The highest BCUT2D eigenvalue weighted by molar-refractivity contribution is 5.85. The van der Waals surface area contributed by atoms with Crippen molar-refractivity contribution in [3.8, 4) is 5.69 Å². The lowest BCUT2D eigenvalue weighted by atomic mass is 9.91. The maximum Gasteiger partial charge on any atom is 0.224 e. The molecule has 1 saturated heterocycles. The van der Waals surface area contributed by atoms with E-state index in [1.807, 2.05) is 31.2 Å². The molecule has 6 nitrogen and oxygen atoms in total. The van der Waals surface area contributed by atoms with Crippen LogP contribution in [0.25, 0.3) is 5.69 Å². The van der Waals surface area contributed by atoms with Gasteiger partial charge in [0.2, 0.25) is 5.91 Å². The molecule has 1 aliphatic heterocycles. The number of hydrogen-bond donors (Lipinski definition) is 2. The maximum atomic E-state index is 12.6. The molecule has 7 heteroatoms. The highest BCUT2D eigenvalue weighted by Crippen LogP contribution is 2.58. The molecular weight excluding hydrogens is 338 g/mol. The molecule has 1 aromatic heterocycles. The Balaban J connectivity index is 0.00000182. The van der Waals surface area contributed by atoms with Gasteiger partial charge in [-0.2, -0.15) is 5.10 Å². The van der Waals surface area contributed by atoms with E-state index in [2.05, 4.69) is 20.7 Å². The Kier molecular flexibility index (Phi) is 5.11. The summed E-state index contributed by atoms with van der Waals surface area (Å²) in [6, 6.07) is 8.09. The highest BCUT2D eigenvalue weighted by Gasteiger charge is 2.57. The maximum absolute atomic E-state index is 12.6. The molecule has 2 unspecified atom stereocenters. The van der Waals surface area contributed by atoms with E-state index in [1.54, 1.807) is 11.0 Å². The third-order valence-electron chi connectivity index (χ3n) is 5.54. The van der Waals surface area contributed by atoms with Gasteiger partial charge < -0.3 is 10.6 Å². The fourth-order valence-corrected chi connectivity index (χ4v) is 3.85. The number of nitrogens with one attached hydrogen (secondary N) is 2. The summed E-state index contributed by atoms with van der Waals surface area (Å²) in [5.41, 5.74) is 2.35. The number of hydrogen-bond acceptors (Lipinski definition) is 4. The summed E-state index contributed by atoms with van der Waals surface area (Å²) in [6.45, 7) is 4.13. The first-order chi connectivity index (χ1) is 11.7. The first kappa shape index (κ1) is 17.9. The average Bonchev–Trinajstić information content (AvgIpc) is 3.05. The molecule has 4 rings (SSSR count). The monoisotopic (exact) mass is 361 g/mol. The normalized spacial score (nSPS) is 22.0. The Morgan fingerprint density at radius 2 is 2.04 bits per heavy atom. The molecule has 1 amide bonds. The number of nitrogens with zero attached hydrogens (tertiary/aromatic N) is 3. The van der Waals surface area contributed by atoms with Gasteiger partial charge in [-0.05, 0) is 62.4 Å². The van der Waals surface area contributed by atoms with Crippen molar-refractivity contribution in [2.24, 2.45) is 11.3 Å². The zero-order valence-corrected chi connectivity index (χ0v) is 15.1. The summed E-state index contributed by atoms with van der Waals surface area (Å²) < 4.78 is 1.72. The van der Waals surface area contributed by atoms with Gasteiger partial charge in [-0.25, -0.2) is 9.67 Å². The summed E-state index contributed by atoms with van der Waals surface area (Å²) in [7, 11) is 0. The van der Waals surface area contributed by atoms with Gasteiger partial charge in [-0.1, -0.05) is 12.1 Å². The first-order valence-electron chi connectivity index (χ1n) is 8.64. The van der Waals surface area contributed by atoms with Crippen molar-refractivity contribution in [3.63, 3.8) is 0 Å². The Morgan fingerprint density at radius 1 is 1.32 bits per heavy atom. The zero-order chi connectivity index (χ0) is 16.6. The molecule has 2 N–H and O–H groups in total. The topological polar surface area (TPSA) is 71.8 Å². The molecule has 2 aromatic rings. The van der Waals surface area contributed by atoms with Crippen LogP contribution in [-0.4, -0.2) is 33.8 Å². The predicted octanol–water partition coefficient (Wildman–Crippen LogP) is 2.26. The molecule has 0 radical (unpaired) electrons. The molecule has 2 heterocycles. The number of carbonyl (C=O) groups is 1. The van der Waals surface area contributed by atoms with E-state index in [9.17, 15) is 4.79 Å². The van der Waals surface area contributed by atoms with Crippen LogP contribution >= 0.6 is 12.4 Å². The summed E-state index contributed by atoms with van der Waals surface area (Å²) >= 11 is 0. The van der Waals surface area contributed by atoms with Gasteiger partial charge in [0.1, 0.15) is 12.7 Å². The Morgan fingerprint density at radius 3 is 2.68 bits per heavy atom. The van der Waals surface area contributed by atoms with Crippen LogP contribution in [-0.2, 0) is 4.79 Å². The van der Waals surface area contributed by atoms with E-state index in [0.29, 0.717) is 0 Å². The van der Waals surface area contributed by atoms with Gasteiger partial charge in [-0.15, -0.1) is 12.4 Å². The average molecular weight is 362 g/mol. The van der Waals surface area contributed by atoms with E-state index in [4.69, 9.17) is 0 Å². The van der Waals surface area contributed by atoms with Gasteiger partial charge in [0.25, 0.3) is 0 Å². The smallest absolute Gasteiger partial charge is 0.224 e. The minimum atomic E-state index is 0. The molecule has 2 atom stereocenters. The number of piperidine rings is 1. The van der Waals surface area contributed by atoms with Crippen molar-refractivity contribution in [2.45, 2.75) is 32.2 Å². The second-order valence-electron chi connectivity index (χ2n) is 7.03. The molecule has 1 saturated carbocycles. The number of benzene rings is 1. The molecule has 1 spiro atoms. The van der Waals surface area contributed by atoms with E-state index in [0.717, 1.165) is 43.6 Å². The second kappa shape index (κ2) is 7.14. The summed E-state index contributed by atoms with van der Waals surface area (Å²) in [6.07, 6.45) is 6.51. The van der Waals surface area contributed by atoms with Crippen molar-refractivity contribution in [1.82, 2.24) is 25.4 Å². The molecule has 0 bridgehead atoms. The minimum Gasteiger partial charge on any atom is -0.349 e. The van der Waals surface area contributed by atoms with Gasteiger partial charge in [0.05, 0.1) is 11.7 Å². The number of aromatic nitrogens is 3. The SMILES string of the molecule is CC(NC(=O)C1CC12CCNCC2)c1ccc(-n2cncn2)cc1.Cl. The Bertz CT molecular complexity index is 710. The van der Waals surface area contributed by atoms with Crippen LogP contribution in [0.1, 0.15) is 37.8 Å². The minimum absolute atomic E-state index is 0. The Labute approximate surface area is 153 Å². The van der Waals surface area contributed by atoms with Gasteiger partial charge >= 0.3 is 0 Å². The standard InChI is InChI=1S/C18H23N5O.ClH/c1-13(14-2-4-15(5-3-14)23-12-20-11-21-23)22-17(24)16-10-18(16)6-8-19-9-7-18;/h2-5,11-13,16,19H,6-10H2,1H3,(H,22,24);1H. The van der Waals surface area contributed by atoms with Gasteiger partial charge in [0, 0.05) is 5.92 Å². The zero-order valence-electron chi connectivity index (χ0n) is 14.3. The molecule has 134 valence electrons. The molecule has 25 heavy (non-hydrogen) atoms. The predicted molar refractivity (Wildman–Crippen MR) is 97.8 cm³/mol. The van der Waals surface area contributed by atoms with Crippen LogP contribution < -0.4 is 10.6 Å². The fraction of sp³-hybridized carbons (Fsp3) is 0.500. The van der Waals surface area contributed by atoms with Crippen LogP contribution in [0.2, 0.25) is 0 Å².